The number of hydrogen-bond acceptors (Lipinski definition) is 5. The largest absolute Gasteiger partial charge is 0.368 e. The van der Waals surface area contributed by atoms with Crippen LogP contribution in [0.4, 0.5) is 5.13 Å². The van der Waals surface area contributed by atoms with Crippen LogP contribution in [-0.4, -0.2) is 40.8 Å². The summed E-state index contributed by atoms with van der Waals surface area (Å²) in [6.07, 6.45) is 2.67. The van der Waals surface area contributed by atoms with Gasteiger partial charge in [-0.3, -0.25) is 14.5 Å². The van der Waals surface area contributed by atoms with Crippen molar-refractivity contribution >= 4 is 28.3 Å². The van der Waals surface area contributed by atoms with Crippen LogP contribution in [0.5, 0.6) is 0 Å². The summed E-state index contributed by atoms with van der Waals surface area (Å²) in [7, 11) is 0. The number of nitrogens with zero attached hydrogens (tertiary/aromatic N) is 2. The van der Waals surface area contributed by atoms with E-state index in [4.69, 9.17) is 5.73 Å². The Morgan fingerprint density at radius 1 is 1.32 bits per heavy atom. The van der Waals surface area contributed by atoms with Gasteiger partial charge < -0.3 is 11.1 Å². The molecule has 1 fully saturated rings. The normalized spacial score (nSPS) is 18.0. The quantitative estimate of drug-likeness (QED) is 0.859. The Morgan fingerprint density at radius 3 is 2.80 bits per heavy atom. The molecule has 0 bridgehead atoms. The van der Waals surface area contributed by atoms with Gasteiger partial charge in [-0.05, 0) is 26.3 Å². The summed E-state index contributed by atoms with van der Waals surface area (Å²) in [6, 6.07) is 7.75. The Labute approximate surface area is 151 Å². The number of carbonyl (C=O) groups excluding carboxylic acids is 2. The summed E-state index contributed by atoms with van der Waals surface area (Å²) in [5.41, 5.74) is 8.50. The first kappa shape index (κ1) is 17.6. The minimum Gasteiger partial charge on any atom is -0.368 e. The number of aryl methyl sites for hydroxylation is 1. The molecule has 0 radical (unpaired) electrons. The molecule has 1 aromatic carbocycles. The van der Waals surface area contributed by atoms with Crippen molar-refractivity contribution in [3.8, 4) is 11.3 Å². The highest BCUT2D eigenvalue weighted by molar-refractivity contribution is 7.14. The van der Waals surface area contributed by atoms with Crippen molar-refractivity contribution in [1.29, 1.82) is 0 Å². The third-order valence-electron chi connectivity index (χ3n) is 4.39. The predicted molar refractivity (Wildman–Crippen MR) is 99.3 cm³/mol. The molecule has 0 saturated carbocycles. The van der Waals surface area contributed by atoms with Gasteiger partial charge in [-0.15, -0.1) is 11.3 Å². The summed E-state index contributed by atoms with van der Waals surface area (Å²) in [6.45, 7) is 2.91. The highest BCUT2D eigenvalue weighted by Gasteiger charge is 2.28. The van der Waals surface area contributed by atoms with Gasteiger partial charge in [-0.1, -0.05) is 36.2 Å². The van der Waals surface area contributed by atoms with Crippen molar-refractivity contribution in [1.82, 2.24) is 9.88 Å². The van der Waals surface area contributed by atoms with E-state index >= 15 is 0 Å². The molecule has 0 aliphatic carbocycles. The number of thiazole rings is 1. The third kappa shape index (κ3) is 4.43. The van der Waals surface area contributed by atoms with Crippen molar-refractivity contribution in [2.75, 3.05) is 18.4 Å². The number of amides is 2. The average Bonchev–Trinajstić information content (AvgIpc) is 3.04. The predicted octanol–water partition coefficient (Wildman–Crippen LogP) is 2.40. The fourth-order valence-corrected chi connectivity index (χ4v) is 3.77. The van der Waals surface area contributed by atoms with E-state index < -0.39 is 0 Å². The molecular formula is C18H22N4O2S. The number of carbonyl (C=O) groups is 2. The molecule has 2 heterocycles. The number of anilines is 1. The minimum atomic E-state index is -0.358. The smallest absolute Gasteiger partial charge is 0.240 e. The lowest BCUT2D eigenvalue weighted by molar-refractivity contribution is -0.126. The number of piperidine rings is 1. The van der Waals surface area contributed by atoms with Crippen molar-refractivity contribution in [3.05, 3.63) is 35.2 Å². The van der Waals surface area contributed by atoms with Gasteiger partial charge in [0.05, 0.1) is 18.3 Å². The van der Waals surface area contributed by atoms with Gasteiger partial charge in [0, 0.05) is 10.9 Å². The lowest BCUT2D eigenvalue weighted by Gasteiger charge is -2.32. The Hall–Kier alpha value is -2.25. The first-order valence-electron chi connectivity index (χ1n) is 8.39. The second-order valence-electron chi connectivity index (χ2n) is 6.34. The van der Waals surface area contributed by atoms with E-state index in [1.54, 1.807) is 0 Å². The maximum atomic E-state index is 12.3. The third-order valence-corrected chi connectivity index (χ3v) is 5.14. The van der Waals surface area contributed by atoms with Gasteiger partial charge in [0.1, 0.15) is 0 Å². The molecule has 132 valence electrons. The van der Waals surface area contributed by atoms with Crippen molar-refractivity contribution < 1.29 is 9.59 Å². The zero-order chi connectivity index (χ0) is 17.8. The molecule has 1 saturated heterocycles. The highest BCUT2D eigenvalue weighted by atomic mass is 32.1. The van der Waals surface area contributed by atoms with E-state index in [0.717, 1.165) is 30.5 Å². The summed E-state index contributed by atoms with van der Waals surface area (Å²) in [5.74, 6) is -0.527. The molecule has 1 aliphatic rings. The van der Waals surface area contributed by atoms with Crippen LogP contribution in [0.2, 0.25) is 0 Å². The topological polar surface area (TPSA) is 88.3 Å². The molecule has 25 heavy (non-hydrogen) atoms. The van der Waals surface area contributed by atoms with E-state index in [9.17, 15) is 9.59 Å². The molecule has 0 spiro atoms. The monoisotopic (exact) mass is 358 g/mol. The zero-order valence-electron chi connectivity index (χ0n) is 14.2. The minimum absolute atomic E-state index is 0.160. The van der Waals surface area contributed by atoms with E-state index in [-0.39, 0.29) is 24.4 Å². The van der Waals surface area contributed by atoms with Crippen LogP contribution in [0.1, 0.15) is 24.8 Å². The van der Waals surface area contributed by atoms with E-state index in [0.29, 0.717) is 11.7 Å². The molecule has 1 atom stereocenters. The van der Waals surface area contributed by atoms with Crippen LogP contribution in [0.25, 0.3) is 11.3 Å². The lowest BCUT2D eigenvalue weighted by atomic mass is 10.0. The number of likely N-dealkylation sites (tertiary alicyclic amines) is 1. The van der Waals surface area contributed by atoms with Crippen LogP contribution >= 0.6 is 11.3 Å². The lowest BCUT2D eigenvalue weighted by Crippen LogP contribution is -2.50. The van der Waals surface area contributed by atoms with Gasteiger partial charge >= 0.3 is 0 Å². The Balaban J connectivity index is 1.61. The van der Waals surface area contributed by atoms with E-state index in [1.807, 2.05) is 41.5 Å². The van der Waals surface area contributed by atoms with Crippen molar-refractivity contribution in [2.24, 2.45) is 5.73 Å². The molecule has 6 nitrogen and oxygen atoms in total. The molecule has 2 amide bonds. The fourth-order valence-electron chi connectivity index (χ4n) is 3.03. The fraction of sp³-hybridized carbons (Fsp3) is 0.389. The van der Waals surface area contributed by atoms with Crippen LogP contribution in [0, 0.1) is 6.92 Å². The zero-order valence-corrected chi connectivity index (χ0v) is 15.0. The molecular weight excluding hydrogens is 336 g/mol. The average molecular weight is 358 g/mol. The Kier molecular flexibility index (Phi) is 5.45. The van der Waals surface area contributed by atoms with Crippen molar-refractivity contribution in [3.63, 3.8) is 0 Å². The number of rotatable bonds is 5. The standard InChI is InChI=1S/C18H22N4O2S/c1-12-5-7-13(8-6-12)14-11-25-18(20-14)21-16(23)10-22-9-3-2-4-15(22)17(19)24/h5-8,11,15H,2-4,9-10H2,1H3,(H2,19,24)(H,20,21,23). The number of nitrogens with one attached hydrogen (secondary N) is 1. The molecule has 3 rings (SSSR count). The Morgan fingerprint density at radius 2 is 2.08 bits per heavy atom. The summed E-state index contributed by atoms with van der Waals surface area (Å²) >= 11 is 1.39. The van der Waals surface area contributed by atoms with Crippen LogP contribution < -0.4 is 11.1 Å². The molecule has 1 aromatic heterocycles. The molecule has 2 aromatic rings. The van der Waals surface area contributed by atoms with Crippen LogP contribution in [0.3, 0.4) is 0 Å². The van der Waals surface area contributed by atoms with Gasteiger partial charge in [-0.2, -0.15) is 0 Å². The molecule has 1 unspecified atom stereocenters. The number of hydrogen-bond donors (Lipinski definition) is 2. The second-order valence-corrected chi connectivity index (χ2v) is 7.19. The summed E-state index contributed by atoms with van der Waals surface area (Å²) in [5, 5.41) is 5.31. The number of nitrogens with two attached hydrogens (primary N) is 1. The number of primary amides is 1. The second kappa shape index (κ2) is 7.76. The first-order chi connectivity index (χ1) is 12.0. The van der Waals surface area contributed by atoms with Crippen LogP contribution in [0.15, 0.2) is 29.6 Å². The van der Waals surface area contributed by atoms with Gasteiger partial charge in [0.15, 0.2) is 5.13 Å². The summed E-state index contributed by atoms with van der Waals surface area (Å²) < 4.78 is 0. The number of aromatic nitrogens is 1. The van der Waals surface area contributed by atoms with Gasteiger partial charge in [-0.25, -0.2) is 4.98 Å². The number of benzene rings is 1. The Bertz CT molecular complexity index is 757. The van der Waals surface area contributed by atoms with Gasteiger partial charge in [0.25, 0.3) is 0 Å². The van der Waals surface area contributed by atoms with E-state index in [2.05, 4.69) is 10.3 Å². The molecule has 7 heteroatoms. The SMILES string of the molecule is Cc1ccc(-c2csc(NC(=O)CN3CCCCC3C(N)=O)n2)cc1. The summed E-state index contributed by atoms with van der Waals surface area (Å²) in [4.78, 5) is 30.2. The van der Waals surface area contributed by atoms with Crippen molar-refractivity contribution in [2.45, 2.75) is 32.2 Å². The van der Waals surface area contributed by atoms with E-state index in [1.165, 1.54) is 16.9 Å². The maximum Gasteiger partial charge on any atom is 0.240 e. The highest BCUT2D eigenvalue weighted by Crippen LogP contribution is 2.25. The first-order valence-corrected chi connectivity index (χ1v) is 9.26. The molecule has 3 N–H and O–H groups in total. The van der Waals surface area contributed by atoms with Crippen LogP contribution in [-0.2, 0) is 9.59 Å². The maximum absolute atomic E-state index is 12.3. The van der Waals surface area contributed by atoms with Gasteiger partial charge in [0.2, 0.25) is 11.8 Å². The molecule has 1 aliphatic heterocycles.